The number of ether oxygens (including phenoxy) is 2. The van der Waals surface area contributed by atoms with Crippen molar-refractivity contribution in [1.29, 1.82) is 0 Å². The molecule has 7 heteroatoms. The number of aliphatic imine (C=N–C) groups is 1. The van der Waals surface area contributed by atoms with E-state index in [2.05, 4.69) is 10.00 Å². The zero-order valence-corrected chi connectivity index (χ0v) is 16.6. The van der Waals surface area contributed by atoms with E-state index in [-0.39, 0.29) is 0 Å². The van der Waals surface area contributed by atoms with E-state index in [1.807, 2.05) is 30.9 Å². The van der Waals surface area contributed by atoms with Gasteiger partial charge in [-0.25, -0.2) is 0 Å². The van der Waals surface area contributed by atoms with E-state index < -0.39 is 0 Å². The van der Waals surface area contributed by atoms with Crippen molar-refractivity contribution in [3.8, 4) is 0 Å². The monoisotopic (exact) mass is 375 g/mol. The average molecular weight is 376 g/mol. The molecule has 0 aromatic carbocycles. The number of aryl methyl sites for hydroxylation is 1. The largest absolute Gasteiger partial charge is 0.479 e. The molecule has 0 spiro atoms. The fourth-order valence-electron chi connectivity index (χ4n) is 3.82. The zero-order valence-electron chi connectivity index (χ0n) is 16.6. The summed E-state index contributed by atoms with van der Waals surface area (Å²) in [5.74, 6) is 0.461. The van der Waals surface area contributed by atoms with E-state index in [1.54, 1.807) is 6.20 Å². The van der Waals surface area contributed by atoms with Gasteiger partial charge >= 0.3 is 0 Å². The Hall–Kier alpha value is -1.86. The summed E-state index contributed by atoms with van der Waals surface area (Å²) in [4.78, 5) is 7.34. The molecule has 7 nitrogen and oxygen atoms in total. The molecule has 27 heavy (non-hydrogen) atoms. The number of nitrogens with two attached hydrogens (primary N) is 1. The second-order valence-corrected chi connectivity index (χ2v) is 7.48. The third kappa shape index (κ3) is 5.81. The van der Waals surface area contributed by atoms with Crippen LogP contribution in [-0.2, 0) is 22.9 Å². The molecule has 150 valence electrons. The Morgan fingerprint density at radius 2 is 2.07 bits per heavy atom. The predicted molar refractivity (Wildman–Crippen MR) is 107 cm³/mol. The topological polar surface area (TPSA) is 77.9 Å². The van der Waals surface area contributed by atoms with Gasteiger partial charge in [0.2, 0.25) is 0 Å². The number of allylic oxidation sites excluding steroid dienone is 1. The minimum Gasteiger partial charge on any atom is -0.479 e. The molecule has 0 atom stereocenters. The molecule has 2 N–H and O–H groups in total. The summed E-state index contributed by atoms with van der Waals surface area (Å²) in [5, 5.41) is 4.15. The first-order valence-corrected chi connectivity index (χ1v) is 10.0. The van der Waals surface area contributed by atoms with Crippen LogP contribution in [0, 0.1) is 0 Å². The van der Waals surface area contributed by atoms with Crippen LogP contribution >= 0.6 is 0 Å². The summed E-state index contributed by atoms with van der Waals surface area (Å²) in [6.45, 7) is 6.41. The summed E-state index contributed by atoms with van der Waals surface area (Å²) in [6.07, 6.45) is 9.20. The van der Waals surface area contributed by atoms with Gasteiger partial charge in [-0.2, -0.15) is 5.10 Å². The van der Waals surface area contributed by atoms with Crippen molar-refractivity contribution < 1.29 is 9.47 Å². The molecule has 1 aliphatic carbocycles. The maximum Gasteiger partial charge on any atom is 0.188 e. The van der Waals surface area contributed by atoms with Gasteiger partial charge in [0, 0.05) is 56.3 Å². The van der Waals surface area contributed by atoms with E-state index in [4.69, 9.17) is 20.2 Å². The van der Waals surface area contributed by atoms with Gasteiger partial charge in [0.05, 0.1) is 25.9 Å². The maximum absolute atomic E-state index is 6.06. The smallest absolute Gasteiger partial charge is 0.188 e. The second-order valence-electron chi connectivity index (χ2n) is 7.48. The van der Waals surface area contributed by atoms with Gasteiger partial charge in [-0.15, -0.1) is 0 Å². The second kappa shape index (κ2) is 9.90. The van der Waals surface area contributed by atoms with Gasteiger partial charge in [0.25, 0.3) is 0 Å². The summed E-state index contributed by atoms with van der Waals surface area (Å²) < 4.78 is 13.0. The maximum atomic E-state index is 6.06. The zero-order chi connectivity index (χ0) is 19.1. The van der Waals surface area contributed by atoms with Gasteiger partial charge in [0.15, 0.2) is 5.88 Å². The molecule has 0 bridgehead atoms. The summed E-state index contributed by atoms with van der Waals surface area (Å²) in [5.41, 5.74) is 8.08. The minimum absolute atomic E-state index is 0.402. The molecule has 2 fully saturated rings. The molecule has 1 saturated carbocycles. The van der Waals surface area contributed by atoms with Gasteiger partial charge in [-0.05, 0) is 38.7 Å². The Labute approximate surface area is 162 Å². The first-order chi connectivity index (χ1) is 13.1. The van der Waals surface area contributed by atoms with Gasteiger partial charge in [-0.3, -0.25) is 14.6 Å². The van der Waals surface area contributed by atoms with Crippen LogP contribution < -0.4 is 5.73 Å². The van der Waals surface area contributed by atoms with E-state index >= 15 is 0 Å². The Balaban J connectivity index is 1.40. The van der Waals surface area contributed by atoms with Crippen molar-refractivity contribution in [2.75, 3.05) is 32.9 Å². The molecule has 0 unspecified atom stereocenters. The number of rotatable bonds is 7. The lowest BCUT2D eigenvalue weighted by Crippen LogP contribution is -2.45. The molecule has 1 aliphatic heterocycles. The van der Waals surface area contributed by atoms with Crippen LogP contribution in [-0.4, -0.2) is 65.9 Å². The van der Waals surface area contributed by atoms with Crippen LogP contribution in [0.3, 0.4) is 0 Å². The predicted octanol–water partition coefficient (Wildman–Crippen LogP) is 1.88. The van der Waals surface area contributed by atoms with Gasteiger partial charge in [-0.1, -0.05) is 0 Å². The van der Waals surface area contributed by atoms with Crippen molar-refractivity contribution in [3.63, 3.8) is 0 Å². The van der Waals surface area contributed by atoms with Gasteiger partial charge < -0.3 is 15.2 Å². The fourth-order valence-corrected chi connectivity index (χ4v) is 3.82. The standard InChI is InChI=1S/C20H33N5O2/c1-16(20(21)27-12-8-18-7-9-23-24(18)2)15-22-17-3-5-19(6-4-17)25-10-13-26-14-11-25/h7,9,15,17,19H,3-6,8,10-14,21H2,1-2H3/b20-16+,22-15?. The van der Waals surface area contributed by atoms with Crippen LogP contribution in [0.4, 0.5) is 0 Å². The lowest BCUT2D eigenvalue weighted by Gasteiger charge is -2.38. The van der Waals surface area contributed by atoms with Crippen molar-refractivity contribution in [2.24, 2.45) is 17.8 Å². The van der Waals surface area contributed by atoms with E-state index in [9.17, 15) is 0 Å². The fraction of sp³-hybridized carbons (Fsp3) is 0.700. The molecule has 3 rings (SSSR count). The molecular formula is C20H33N5O2. The average Bonchev–Trinajstić information content (AvgIpc) is 3.12. The van der Waals surface area contributed by atoms with Crippen LogP contribution in [0.25, 0.3) is 0 Å². The van der Waals surface area contributed by atoms with Crippen molar-refractivity contribution in [3.05, 3.63) is 29.4 Å². The molecule has 1 aromatic heterocycles. The first-order valence-electron chi connectivity index (χ1n) is 10.0. The number of hydrogen-bond acceptors (Lipinski definition) is 6. The van der Waals surface area contributed by atoms with Crippen molar-refractivity contribution in [2.45, 2.75) is 51.1 Å². The van der Waals surface area contributed by atoms with Crippen LogP contribution in [0.2, 0.25) is 0 Å². The number of morpholine rings is 1. The third-order valence-corrected chi connectivity index (χ3v) is 5.63. The normalized spacial score (nSPS) is 25.6. The molecule has 1 saturated heterocycles. The molecule has 1 aromatic rings. The summed E-state index contributed by atoms with van der Waals surface area (Å²) in [6, 6.07) is 3.10. The van der Waals surface area contributed by atoms with Crippen molar-refractivity contribution in [1.82, 2.24) is 14.7 Å². The van der Waals surface area contributed by atoms with Crippen LogP contribution in [0.5, 0.6) is 0 Å². The van der Waals surface area contributed by atoms with E-state index in [0.717, 1.165) is 56.8 Å². The number of hydrogen-bond donors (Lipinski definition) is 1. The molecule has 0 amide bonds. The lowest BCUT2D eigenvalue weighted by molar-refractivity contribution is 0.00755. The minimum atomic E-state index is 0.402. The molecule has 2 aliphatic rings. The van der Waals surface area contributed by atoms with Crippen LogP contribution in [0.15, 0.2) is 28.7 Å². The highest BCUT2D eigenvalue weighted by atomic mass is 16.5. The number of aromatic nitrogens is 2. The van der Waals surface area contributed by atoms with Gasteiger partial charge in [0.1, 0.15) is 0 Å². The summed E-state index contributed by atoms with van der Waals surface area (Å²) >= 11 is 0. The molecule has 0 radical (unpaired) electrons. The molecular weight excluding hydrogens is 342 g/mol. The third-order valence-electron chi connectivity index (χ3n) is 5.63. The SMILES string of the molecule is C/C(C=NC1CCC(N2CCOCC2)CC1)=C(/N)OCCc1ccnn1C. The Kier molecular flexibility index (Phi) is 7.29. The molecule has 2 heterocycles. The summed E-state index contributed by atoms with van der Waals surface area (Å²) in [7, 11) is 1.93. The lowest BCUT2D eigenvalue weighted by atomic mass is 9.90. The van der Waals surface area contributed by atoms with Crippen molar-refractivity contribution >= 4 is 6.21 Å². The Morgan fingerprint density at radius 1 is 1.33 bits per heavy atom. The number of nitrogens with zero attached hydrogens (tertiary/aromatic N) is 4. The highest BCUT2D eigenvalue weighted by molar-refractivity contribution is 5.78. The van der Waals surface area contributed by atoms with Crippen LogP contribution in [0.1, 0.15) is 38.3 Å². The van der Waals surface area contributed by atoms with E-state index in [0.29, 0.717) is 24.6 Å². The Morgan fingerprint density at radius 3 is 2.74 bits per heavy atom. The highest BCUT2D eigenvalue weighted by Gasteiger charge is 2.26. The highest BCUT2D eigenvalue weighted by Crippen LogP contribution is 2.25. The first kappa shape index (κ1) is 19.9. The Bertz CT molecular complexity index is 641. The quantitative estimate of drug-likeness (QED) is 0.582. The van der Waals surface area contributed by atoms with E-state index in [1.165, 1.54) is 12.8 Å².